The molecule has 0 radical (unpaired) electrons. The maximum Gasteiger partial charge on any atom is 0.164 e. The number of halogens is 2. The normalized spacial score (nSPS) is 23.4. The van der Waals surface area contributed by atoms with Gasteiger partial charge in [0.15, 0.2) is 15.0 Å². The Kier molecular flexibility index (Phi) is 5.18. The van der Waals surface area contributed by atoms with E-state index in [0.717, 1.165) is 22.0 Å². The highest BCUT2D eigenvalue weighted by molar-refractivity contribution is 8.13. The van der Waals surface area contributed by atoms with Crippen molar-refractivity contribution in [3.8, 4) is 0 Å². The summed E-state index contributed by atoms with van der Waals surface area (Å²) in [5.74, 6) is 0.899. The molecule has 27 heavy (non-hydrogen) atoms. The summed E-state index contributed by atoms with van der Waals surface area (Å²) in [4.78, 5) is 6.82. The average Bonchev–Trinajstić information content (AvgIpc) is 3.06. The van der Waals surface area contributed by atoms with Gasteiger partial charge >= 0.3 is 0 Å². The largest absolute Gasteiger partial charge is 0.315 e. The van der Waals surface area contributed by atoms with Gasteiger partial charge in [0, 0.05) is 21.5 Å². The van der Waals surface area contributed by atoms with Crippen LogP contribution in [0.5, 0.6) is 0 Å². The van der Waals surface area contributed by atoms with Crippen LogP contribution in [0.1, 0.15) is 11.1 Å². The molecule has 4 nitrogen and oxygen atoms in total. The third-order valence-electron chi connectivity index (χ3n) is 4.79. The number of nitrogens with zero attached hydrogens (tertiary/aromatic N) is 2. The van der Waals surface area contributed by atoms with Gasteiger partial charge in [-0.25, -0.2) is 8.42 Å². The van der Waals surface area contributed by atoms with Crippen molar-refractivity contribution in [1.29, 1.82) is 0 Å². The number of hydrogen-bond acceptors (Lipinski definition) is 5. The van der Waals surface area contributed by atoms with Gasteiger partial charge in [0.1, 0.15) is 0 Å². The van der Waals surface area contributed by atoms with Crippen LogP contribution in [0.15, 0.2) is 47.5 Å². The molecule has 0 N–H and O–H groups in total. The van der Waals surface area contributed by atoms with E-state index < -0.39 is 9.84 Å². The second kappa shape index (κ2) is 7.32. The molecule has 1 saturated heterocycles. The van der Waals surface area contributed by atoms with E-state index in [4.69, 9.17) is 28.2 Å². The summed E-state index contributed by atoms with van der Waals surface area (Å²) in [6.07, 6.45) is 0. The highest BCUT2D eigenvalue weighted by Gasteiger charge is 2.47. The van der Waals surface area contributed by atoms with E-state index in [1.54, 1.807) is 17.8 Å². The third kappa shape index (κ3) is 3.99. The van der Waals surface area contributed by atoms with Gasteiger partial charge in [-0.2, -0.15) is 0 Å². The fraction of sp³-hybridized carbons (Fsp3) is 0.316. The molecule has 2 atom stereocenters. The molecule has 0 aromatic heterocycles. The predicted octanol–water partition coefficient (Wildman–Crippen LogP) is 4.58. The number of amidine groups is 1. The van der Waals surface area contributed by atoms with Crippen LogP contribution in [0.25, 0.3) is 0 Å². The molecule has 2 aliphatic rings. The molecule has 0 unspecified atom stereocenters. The topological polar surface area (TPSA) is 49.7 Å². The van der Waals surface area contributed by atoms with E-state index in [1.165, 1.54) is 0 Å². The lowest BCUT2D eigenvalue weighted by molar-refractivity contribution is 0.601. The maximum atomic E-state index is 12.1. The zero-order valence-corrected chi connectivity index (χ0v) is 17.7. The van der Waals surface area contributed by atoms with Gasteiger partial charge in [0.2, 0.25) is 0 Å². The molecule has 0 bridgehead atoms. The summed E-state index contributed by atoms with van der Waals surface area (Å²) in [5, 5.41) is 2.07. The Labute approximate surface area is 173 Å². The number of aryl methyl sites for hydroxylation is 1. The summed E-state index contributed by atoms with van der Waals surface area (Å²) in [6, 6.07) is 13.2. The summed E-state index contributed by atoms with van der Waals surface area (Å²) in [5.41, 5.74) is 3.11. The van der Waals surface area contributed by atoms with Crippen LogP contribution in [0, 0.1) is 6.92 Å². The summed E-state index contributed by atoms with van der Waals surface area (Å²) < 4.78 is 24.2. The predicted molar refractivity (Wildman–Crippen MR) is 115 cm³/mol. The number of anilines is 1. The van der Waals surface area contributed by atoms with Crippen molar-refractivity contribution in [2.75, 3.05) is 16.4 Å². The van der Waals surface area contributed by atoms with Crippen LogP contribution < -0.4 is 4.90 Å². The Bertz CT molecular complexity index is 1010. The van der Waals surface area contributed by atoms with Crippen LogP contribution in [0.2, 0.25) is 10.0 Å². The number of fused-ring (bicyclic) bond motifs is 1. The van der Waals surface area contributed by atoms with Crippen LogP contribution in [-0.2, 0) is 15.6 Å². The van der Waals surface area contributed by atoms with Crippen LogP contribution in [0.3, 0.4) is 0 Å². The van der Waals surface area contributed by atoms with Crippen molar-refractivity contribution in [3.05, 3.63) is 63.6 Å². The molecule has 0 aliphatic carbocycles. The summed E-state index contributed by atoms with van der Waals surface area (Å²) in [6.45, 7) is 2.03. The number of rotatable bonds is 3. The molecule has 8 heteroatoms. The molecule has 2 aliphatic heterocycles. The first-order valence-corrected chi connectivity index (χ1v) is 12.1. The minimum Gasteiger partial charge on any atom is -0.315 e. The van der Waals surface area contributed by atoms with Crippen molar-refractivity contribution in [2.45, 2.75) is 24.8 Å². The Hall–Kier alpha value is -1.21. The standard InChI is InChI=1S/C19H18Cl2N2O2S2/c1-12-2-6-15(7-3-12)23-18-11-27(24,25)10-17(18)22-19(23)26-9-13-4-5-14(20)8-16(13)21/h2-8,17-18H,9-11H2,1H3/t17-,18+/m0/s1. The van der Waals surface area contributed by atoms with Crippen LogP contribution >= 0.6 is 35.0 Å². The number of hydrogen-bond donors (Lipinski definition) is 0. The van der Waals surface area contributed by atoms with E-state index in [1.807, 2.05) is 43.3 Å². The lowest BCUT2D eigenvalue weighted by atomic mass is 10.1. The Balaban J connectivity index is 1.61. The summed E-state index contributed by atoms with van der Waals surface area (Å²) in [7, 11) is -3.05. The van der Waals surface area contributed by atoms with Crippen molar-refractivity contribution in [3.63, 3.8) is 0 Å². The van der Waals surface area contributed by atoms with E-state index in [0.29, 0.717) is 15.8 Å². The molecule has 0 saturated carbocycles. The van der Waals surface area contributed by atoms with Gasteiger partial charge in [0.25, 0.3) is 0 Å². The van der Waals surface area contributed by atoms with Crippen molar-refractivity contribution in [1.82, 2.24) is 0 Å². The smallest absolute Gasteiger partial charge is 0.164 e. The molecule has 2 aromatic rings. The maximum absolute atomic E-state index is 12.1. The highest BCUT2D eigenvalue weighted by atomic mass is 35.5. The first kappa shape index (κ1) is 19.1. The zero-order chi connectivity index (χ0) is 19.2. The molecule has 142 valence electrons. The lowest BCUT2D eigenvalue weighted by Crippen LogP contribution is -2.39. The number of sulfone groups is 1. The summed E-state index contributed by atoms with van der Waals surface area (Å²) >= 11 is 13.8. The highest BCUT2D eigenvalue weighted by Crippen LogP contribution is 2.36. The van der Waals surface area contributed by atoms with E-state index in [-0.39, 0.29) is 23.6 Å². The molecule has 2 heterocycles. The average molecular weight is 441 g/mol. The van der Waals surface area contributed by atoms with Gasteiger partial charge in [-0.05, 0) is 36.8 Å². The first-order chi connectivity index (χ1) is 12.8. The Morgan fingerprint density at radius 3 is 2.59 bits per heavy atom. The lowest BCUT2D eigenvalue weighted by Gasteiger charge is -2.26. The third-order valence-corrected chi connectivity index (χ3v) is 8.09. The monoisotopic (exact) mass is 440 g/mol. The fourth-order valence-corrected chi connectivity index (χ4v) is 6.95. The molecular weight excluding hydrogens is 423 g/mol. The molecule has 0 amide bonds. The minimum absolute atomic E-state index is 0.117. The van der Waals surface area contributed by atoms with Crippen molar-refractivity contribution in [2.24, 2.45) is 4.99 Å². The fourth-order valence-electron chi connectivity index (χ4n) is 3.42. The second-order valence-corrected chi connectivity index (χ2v) is 10.8. The first-order valence-electron chi connectivity index (χ1n) is 8.53. The quantitative estimate of drug-likeness (QED) is 0.700. The van der Waals surface area contributed by atoms with Gasteiger partial charge in [0.05, 0.1) is 23.6 Å². The van der Waals surface area contributed by atoms with Crippen LogP contribution in [-0.4, -0.2) is 37.2 Å². The number of aliphatic imine (C=N–C) groups is 1. The van der Waals surface area contributed by atoms with Gasteiger partial charge in [-0.1, -0.05) is 58.7 Å². The minimum atomic E-state index is -3.05. The molecule has 0 spiro atoms. The number of thioether (sulfide) groups is 1. The van der Waals surface area contributed by atoms with Crippen molar-refractivity contribution >= 4 is 55.7 Å². The Morgan fingerprint density at radius 2 is 1.89 bits per heavy atom. The van der Waals surface area contributed by atoms with Crippen molar-refractivity contribution < 1.29 is 8.42 Å². The van der Waals surface area contributed by atoms with Gasteiger partial charge in [-0.3, -0.25) is 4.99 Å². The molecular formula is C19H18Cl2N2O2S2. The van der Waals surface area contributed by atoms with E-state index in [2.05, 4.69) is 4.90 Å². The SMILES string of the molecule is Cc1ccc(N2C(SCc3ccc(Cl)cc3Cl)=N[C@H]3CS(=O)(=O)C[C@H]32)cc1. The van der Waals surface area contributed by atoms with E-state index >= 15 is 0 Å². The van der Waals surface area contributed by atoms with Crippen LogP contribution in [0.4, 0.5) is 5.69 Å². The molecule has 1 fully saturated rings. The number of benzene rings is 2. The Morgan fingerprint density at radius 1 is 1.15 bits per heavy atom. The van der Waals surface area contributed by atoms with Gasteiger partial charge in [-0.15, -0.1) is 0 Å². The molecule has 4 rings (SSSR count). The van der Waals surface area contributed by atoms with E-state index in [9.17, 15) is 8.42 Å². The molecule has 2 aromatic carbocycles. The zero-order valence-electron chi connectivity index (χ0n) is 14.6. The van der Waals surface area contributed by atoms with Gasteiger partial charge < -0.3 is 4.90 Å². The second-order valence-electron chi connectivity index (χ2n) is 6.85.